The number of esters is 1. The van der Waals surface area contributed by atoms with Gasteiger partial charge in [0.25, 0.3) is 0 Å². The number of hydrogen-bond donors (Lipinski definition) is 1. The first-order valence-electron chi connectivity index (χ1n) is 8.39. The van der Waals surface area contributed by atoms with Gasteiger partial charge in [0.1, 0.15) is 12.2 Å². The quantitative estimate of drug-likeness (QED) is 0.430. The van der Waals surface area contributed by atoms with Gasteiger partial charge >= 0.3 is 5.97 Å². The average molecular weight is 341 g/mol. The first-order chi connectivity index (χ1) is 12.2. The minimum atomic E-state index is -0.529. The number of rotatable bonds is 9. The number of anilines is 1. The van der Waals surface area contributed by atoms with Gasteiger partial charge in [0, 0.05) is 5.69 Å². The van der Waals surface area contributed by atoms with E-state index in [1.165, 1.54) is 5.56 Å². The molecule has 0 fully saturated rings. The van der Waals surface area contributed by atoms with E-state index in [-0.39, 0.29) is 13.0 Å². The van der Waals surface area contributed by atoms with E-state index >= 15 is 0 Å². The van der Waals surface area contributed by atoms with Gasteiger partial charge in [-0.3, -0.25) is 9.59 Å². The molecule has 1 amide bonds. The van der Waals surface area contributed by atoms with E-state index in [1.54, 1.807) is 31.2 Å². The second kappa shape index (κ2) is 10.1. The van der Waals surface area contributed by atoms with E-state index in [4.69, 9.17) is 9.47 Å². The lowest BCUT2D eigenvalue weighted by molar-refractivity contribution is -0.145. The highest BCUT2D eigenvalue weighted by atomic mass is 16.5. The summed E-state index contributed by atoms with van der Waals surface area (Å²) >= 11 is 0. The molecule has 0 aliphatic rings. The Kier molecular flexibility index (Phi) is 7.50. The van der Waals surface area contributed by atoms with E-state index < -0.39 is 11.9 Å². The second-order valence-corrected chi connectivity index (χ2v) is 5.49. The number of ether oxygens (including phenoxy) is 2. The summed E-state index contributed by atoms with van der Waals surface area (Å²) in [7, 11) is 0. The van der Waals surface area contributed by atoms with Crippen molar-refractivity contribution in [3.8, 4) is 5.75 Å². The van der Waals surface area contributed by atoms with Crippen molar-refractivity contribution in [2.24, 2.45) is 0 Å². The summed E-state index contributed by atoms with van der Waals surface area (Å²) in [6.07, 6.45) is 1.62. The topological polar surface area (TPSA) is 64.6 Å². The largest absolute Gasteiger partial charge is 0.494 e. The molecule has 2 aromatic carbocycles. The summed E-state index contributed by atoms with van der Waals surface area (Å²) in [5.41, 5.74) is 1.91. The Labute approximate surface area is 148 Å². The van der Waals surface area contributed by atoms with Crippen molar-refractivity contribution in [2.75, 3.05) is 18.5 Å². The van der Waals surface area contributed by atoms with Crippen LogP contribution in [-0.2, 0) is 20.7 Å². The Morgan fingerprint density at radius 1 is 1.00 bits per heavy atom. The fourth-order valence-electron chi connectivity index (χ4n) is 2.29. The van der Waals surface area contributed by atoms with Gasteiger partial charge in [-0.1, -0.05) is 30.3 Å². The van der Waals surface area contributed by atoms with Crippen molar-refractivity contribution >= 4 is 17.6 Å². The summed E-state index contributed by atoms with van der Waals surface area (Å²) < 4.78 is 10.4. The van der Waals surface area contributed by atoms with Crippen LogP contribution in [0.4, 0.5) is 5.69 Å². The summed E-state index contributed by atoms with van der Waals surface area (Å²) in [5.74, 6) is -0.176. The van der Waals surface area contributed by atoms with Crippen LogP contribution in [0.3, 0.4) is 0 Å². The van der Waals surface area contributed by atoms with Crippen molar-refractivity contribution in [1.29, 1.82) is 0 Å². The van der Waals surface area contributed by atoms with Gasteiger partial charge in [-0.15, -0.1) is 0 Å². The maximum atomic E-state index is 11.7. The molecule has 0 radical (unpaired) electrons. The van der Waals surface area contributed by atoms with Gasteiger partial charge < -0.3 is 14.8 Å². The van der Waals surface area contributed by atoms with E-state index in [0.717, 1.165) is 18.6 Å². The number of amides is 1. The molecule has 5 heteroatoms. The molecule has 0 saturated carbocycles. The standard InChI is InChI=1S/C20H23NO4/c1-2-24-20(23)15-19(22)21-17-10-12-18(13-11-17)25-14-6-9-16-7-4-3-5-8-16/h3-5,7-8,10-13H,2,6,9,14-15H2,1H3,(H,21,22). The second-order valence-electron chi connectivity index (χ2n) is 5.49. The molecule has 0 atom stereocenters. The Hall–Kier alpha value is -2.82. The van der Waals surface area contributed by atoms with Crippen molar-refractivity contribution in [2.45, 2.75) is 26.2 Å². The molecule has 0 aliphatic heterocycles. The third-order valence-corrected chi connectivity index (χ3v) is 3.47. The van der Waals surface area contributed by atoms with Crippen molar-refractivity contribution in [3.05, 3.63) is 60.2 Å². The summed E-state index contributed by atoms with van der Waals surface area (Å²) in [6, 6.07) is 17.4. The lowest BCUT2D eigenvalue weighted by Crippen LogP contribution is -2.18. The Balaban J connectivity index is 1.70. The van der Waals surface area contributed by atoms with E-state index in [2.05, 4.69) is 17.4 Å². The molecular formula is C20H23NO4. The van der Waals surface area contributed by atoms with Gasteiger partial charge in [-0.05, 0) is 49.6 Å². The smallest absolute Gasteiger partial charge is 0.315 e. The van der Waals surface area contributed by atoms with Crippen LogP contribution in [0.25, 0.3) is 0 Å². The molecule has 0 unspecified atom stereocenters. The normalized spacial score (nSPS) is 10.1. The van der Waals surface area contributed by atoms with Crippen LogP contribution in [0.15, 0.2) is 54.6 Å². The fraction of sp³-hybridized carbons (Fsp3) is 0.300. The monoisotopic (exact) mass is 341 g/mol. The molecule has 2 rings (SSSR count). The van der Waals surface area contributed by atoms with Crippen LogP contribution in [-0.4, -0.2) is 25.1 Å². The minimum Gasteiger partial charge on any atom is -0.494 e. The number of benzene rings is 2. The number of carbonyl (C=O) groups is 2. The molecule has 5 nitrogen and oxygen atoms in total. The van der Waals surface area contributed by atoms with Gasteiger partial charge in [0.2, 0.25) is 5.91 Å². The van der Waals surface area contributed by atoms with Gasteiger partial charge in [-0.2, -0.15) is 0 Å². The highest BCUT2D eigenvalue weighted by Gasteiger charge is 2.10. The molecular weight excluding hydrogens is 318 g/mol. The molecule has 0 aliphatic carbocycles. The third-order valence-electron chi connectivity index (χ3n) is 3.47. The zero-order valence-corrected chi connectivity index (χ0v) is 14.4. The zero-order chi connectivity index (χ0) is 17.9. The van der Waals surface area contributed by atoms with Crippen LogP contribution < -0.4 is 10.1 Å². The lowest BCUT2D eigenvalue weighted by atomic mass is 10.1. The molecule has 132 valence electrons. The Morgan fingerprint density at radius 2 is 1.72 bits per heavy atom. The lowest BCUT2D eigenvalue weighted by Gasteiger charge is -2.08. The van der Waals surface area contributed by atoms with Crippen LogP contribution in [0.1, 0.15) is 25.3 Å². The van der Waals surface area contributed by atoms with E-state index in [0.29, 0.717) is 12.3 Å². The van der Waals surface area contributed by atoms with Gasteiger partial charge in [-0.25, -0.2) is 0 Å². The van der Waals surface area contributed by atoms with Crippen LogP contribution in [0.2, 0.25) is 0 Å². The molecule has 1 N–H and O–H groups in total. The molecule has 0 heterocycles. The third kappa shape index (κ3) is 7.08. The highest BCUT2D eigenvalue weighted by Crippen LogP contribution is 2.16. The first kappa shape index (κ1) is 18.5. The maximum absolute atomic E-state index is 11.7. The summed E-state index contributed by atoms with van der Waals surface area (Å²) in [5, 5.41) is 2.65. The molecule has 25 heavy (non-hydrogen) atoms. The van der Waals surface area contributed by atoms with Crippen LogP contribution >= 0.6 is 0 Å². The number of nitrogens with one attached hydrogen (secondary N) is 1. The van der Waals surface area contributed by atoms with Crippen LogP contribution in [0, 0.1) is 0 Å². The van der Waals surface area contributed by atoms with Gasteiger partial charge in [0.05, 0.1) is 13.2 Å². The van der Waals surface area contributed by atoms with Gasteiger partial charge in [0.15, 0.2) is 0 Å². The Morgan fingerprint density at radius 3 is 2.40 bits per heavy atom. The molecule has 0 bridgehead atoms. The van der Waals surface area contributed by atoms with E-state index in [1.807, 2.05) is 18.2 Å². The Bertz CT molecular complexity index is 668. The number of carbonyl (C=O) groups excluding carboxylic acids is 2. The van der Waals surface area contributed by atoms with Crippen molar-refractivity contribution in [3.63, 3.8) is 0 Å². The van der Waals surface area contributed by atoms with E-state index in [9.17, 15) is 9.59 Å². The fourth-order valence-corrected chi connectivity index (χ4v) is 2.29. The SMILES string of the molecule is CCOC(=O)CC(=O)Nc1ccc(OCCCc2ccccc2)cc1. The highest BCUT2D eigenvalue weighted by molar-refractivity contribution is 6.01. The molecule has 2 aromatic rings. The summed E-state index contributed by atoms with van der Waals surface area (Å²) in [4.78, 5) is 22.9. The molecule has 0 aromatic heterocycles. The number of hydrogen-bond acceptors (Lipinski definition) is 4. The molecule has 0 saturated heterocycles. The number of aryl methyl sites for hydroxylation is 1. The average Bonchev–Trinajstić information content (AvgIpc) is 2.61. The minimum absolute atomic E-state index is 0.266. The summed E-state index contributed by atoms with van der Waals surface area (Å²) in [6.45, 7) is 2.60. The predicted octanol–water partition coefficient (Wildman–Crippen LogP) is 3.59. The zero-order valence-electron chi connectivity index (χ0n) is 14.4. The predicted molar refractivity (Wildman–Crippen MR) is 96.6 cm³/mol. The molecule has 0 spiro atoms. The first-order valence-corrected chi connectivity index (χ1v) is 8.39. The van der Waals surface area contributed by atoms with Crippen molar-refractivity contribution < 1.29 is 19.1 Å². The van der Waals surface area contributed by atoms with Crippen molar-refractivity contribution in [1.82, 2.24) is 0 Å². The van der Waals surface area contributed by atoms with Crippen LogP contribution in [0.5, 0.6) is 5.75 Å². The maximum Gasteiger partial charge on any atom is 0.315 e.